The van der Waals surface area contributed by atoms with Gasteiger partial charge in [-0.25, -0.2) is 9.59 Å². The van der Waals surface area contributed by atoms with Crippen LogP contribution in [-0.2, 0) is 14.4 Å². The van der Waals surface area contributed by atoms with Crippen LogP contribution in [0.2, 0.25) is 0 Å². The van der Waals surface area contributed by atoms with Crippen molar-refractivity contribution < 1.29 is 19.5 Å². The number of carbonyl (C=O) groups is 2. The average molecular weight is 131 g/mol. The molecule has 1 N–H and O–H groups in total. The molecule has 0 aliphatic rings. The quantitative estimate of drug-likeness (QED) is 0.315. The monoisotopic (exact) mass is 131 g/mol. The fourth-order valence-corrected chi connectivity index (χ4v) is 0.146. The number of carboxylic acids is 1. The lowest BCUT2D eigenvalue weighted by atomic mass is 10.8. The van der Waals surface area contributed by atoms with E-state index in [2.05, 4.69) is 9.99 Å². The molecule has 5 heteroatoms. The molecule has 0 saturated carbocycles. The maximum atomic E-state index is 9.90. The number of hydrogen-bond acceptors (Lipinski definition) is 4. The van der Waals surface area contributed by atoms with Crippen LogP contribution >= 0.6 is 0 Å². The van der Waals surface area contributed by atoms with Crippen LogP contribution in [0.4, 0.5) is 0 Å². The van der Waals surface area contributed by atoms with Crippen LogP contribution in [0.15, 0.2) is 5.16 Å². The first kappa shape index (κ1) is 7.61. The molecule has 0 atom stereocenters. The van der Waals surface area contributed by atoms with E-state index in [1.165, 1.54) is 0 Å². The molecule has 0 aromatic heterocycles. The second-order valence-electron chi connectivity index (χ2n) is 1.16. The molecule has 5 nitrogen and oxygen atoms in total. The molecule has 0 aliphatic carbocycles. The molecule has 0 spiro atoms. The Morgan fingerprint density at radius 1 is 1.67 bits per heavy atom. The molecule has 0 saturated heterocycles. The minimum Gasteiger partial charge on any atom is -0.477 e. The number of carbonyl (C=O) groups excluding carboxylic acids is 1. The fourth-order valence-electron chi connectivity index (χ4n) is 0.146. The van der Waals surface area contributed by atoms with E-state index in [4.69, 9.17) is 5.11 Å². The Kier molecular flexibility index (Phi) is 3.04. The minimum atomic E-state index is -1.25. The van der Waals surface area contributed by atoms with Gasteiger partial charge >= 0.3 is 11.9 Å². The molecule has 0 unspecified atom stereocenters. The van der Waals surface area contributed by atoms with Crippen LogP contribution < -0.4 is 0 Å². The van der Waals surface area contributed by atoms with Gasteiger partial charge < -0.3 is 9.94 Å². The molecule has 50 valence electrons. The highest BCUT2D eigenvalue weighted by Crippen LogP contribution is 1.73. The Morgan fingerprint density at radius 3 is 2.56 bits per heavy atom. The van der Waals surface area contributed by atoms with Crippen molar-refractivity contribution in [2.24, 2.45) is 5.16 Å². The van der Waals surface area contributed by atoms with Crippen molar-refractivity contribution in [3.63, 3.8) is 0 Å². The zero-order valence-electron chi connectivity index (χ0n) is 4.70. The lowest BCUT2D eigenvalue weighted by Crippen LogP contribution is -1.98. The zero-order chi connectivity index (χ0) is 7.28. The van der Waals surface area contributed by atoms with Crippen molar-refractivity contribution in [1.82, 2.24) is 0 Å². The van der Waals surface area contributed by atoms with Crippen molar-refractivity contribution in [2.45, 2.75) is 6.92 Å². The summed E-state index contributed by atoms with van der Waals surface area (Å²) in [5.41, 5.74) is 0. The number of rotatable bonds is 2. The number of oxime groups is 1. The summed E-state index contributed by atoms with van der Waals surface area (Å²) in [4.78, 5) is 23.4. The van der Waals surface area contributed by atoms with Gasteiger partial charge in [0, 0.05) is 6.92 Å². The standard InChI is InChI=1S/C4H5NO4/c1-3(6)9-5-2-4(7)8/h2H,1H3,(H,7,8). The summed E-state index contributed by atoms with van der Waals surface area (Å²) in [6, 6.07) is 0. The lowest BCUT2D eigenvalue weighted by Gasteiger charge is -1.84. The van der Waals surface area contributed by atoms with Gasteiger partial charge in [0.1, 0.15) is 0 Å². The van der Waals surface area contributed by atoms with E-state index in [-0.39, 0.29) is 0 Å². The van der Waals surface area contributed by atoms with E-state index in [0.717, 1.165) is 6.92 Å². The van der Waals surface area contributed by atoms with Crippen molar-refractivity contribution in [3.05, 3.63) is 0 Å². The van der Waals surface area contributed by atoms with Crippen LogP contribution in [0, 0.1) is 0 Å². The molecular formula is C4H5NO4. The first-order chi connectivity index (χ1) is 4.13. The van der Waals surface area contributed by atoms with E-state index in [0.29, 0.717) is 6.21 Å². The molecule has 9 heavy (non-hydrogen) atoms. The second-order valence-corrected chi connectivity index (χ2v) is 1.16. The van der Waals surface area contributed by atoms with Crippen molar-refractivity contribution in [1.29, 1.82) is 0 Å². The normalized spacial score (nSPS) is 9.44. The Balaban J connectivity index is 3.48. The van der Waals surface area contributed by atoms with Gasteiger partial charge in [0.05, 0.1) is 0 Å². The minimum absolute atomic E-state index is 0.488. The summed E-state index contributed by atoms with van der Waals surface area (Å²) < 4.78 is 0. The molecule has 0 amide bonds. The van der Waals surface area contributed by atoms with E-state index in [1.807, 2.05) is 0 Å². The van der Waals surface area contributed by atoms with Gasteiger partial charge in [0.15, 0.2) is 6.21 Å². The molecule has 0 aromatic rings. The fraction of sp³-hybridized carbons (Fsp3) is 0.250. The number of nitrogens with zero attached hydrogens (tertiary/aromatic N) is 1. The van der Waals surface area contributed by atoms with Crippen molar-refractivity contribution in [3.8, 4) is 0 Å². The zero-order valence-corrected chi connectivity index (χ0v) is 4.70. The maximum Gasteiger partial charge on any atom is 0.350 e. The molecule has 0 aromatic carbocycles. The van der Waals surface area contributed by atoms with Crippen LogP contribution in [0.3, 0.4) is 0 Å². The molecule has 0 aliphatic heterocycles. The molecule has 0 fully saturated rings. The SMILES string of the molecule is CC(=O)ON=CC(=O)O. The largest absolute Gasteiger partial charge is 0.477 e. The number of aliphatic carboxylic acids is 1. The first-order valence-electron chi connectivity index (χ1n) is 2.07. The number of carboxylic acid groups (broad SMARTS) is 1. The molecular weight excluding hydrogens is 126 g/mol. The van der Waals surface area contributed by atoms with Gasteiger partial charge in [-0.15, -0.1) is 0 Å². The second kappa shape index (κ2) is 3.59. The molecule has 0 heterocycles. The molecule has 0 bridgehead atoms. The summed E-state index contributed by atoms with van der Waals surface area (Å²) >= 11 is 0. The van der Waals surface area contributed by atoms with E-state index >= 15 is 0 Å². The van der Waals surface area contributed by atoms with E-state index in [1.54, 1.807) is 0 Å². The topological polar surface area (TPSA) is 76.0 Å². The highest BCUT2D eigenvalue weighted by Gasteiger charge is 1.89. The number of hydrogen-bond donors (Lipinski definition) is 1. The van der Waals surface area contributed by atoms with Gasteiger partial charge in [0.2, 0.25) is 0 Å². The van der Waals surface area contributed by atoms with E-state index in [9.17, 15) is 9.59 Å². The Bertz CT molecular complexity index is 151. The Labute approximate surface area is 50.9 Å². The van der Waals surface area contributed by atoms with Gasteiger partial charge in [-0.3, -0.25) is 0 Å². The smallest absolute Gasteiger partial charge is 0.350 e. The summed E-state index contributed by atoms with van der Waals surface area (Å²) in [5.74, 6) is -1.90. The first-order valence-corrected chi connectivity index (χ1v) is 2.07. The Morgan fingerprint density at radius 2 is 2.22 bits per heavy atom. The third-order valence-corrected chi connectivity index (χ3v) is 0.344. The van der Waals surface area contributed by atoms with Crippen LogP contribution in [0.5, 0.6) is 0 Å². The van der Waals surface area contributed by atoms with Gasteiger partial charge in [-0.05, 0) is 0 Å². The lowest BCUT2D eigenvalue weighted by molar-refractivity contribution is -0.140. The van der Waals surface area contributed by atoms with Crippen molar-refractivity contribution >= 4 is 18.2 Å². The third kappa shape index (κ3) is 6.61. The van der Waals surface area contributed by atoms with E-state index < -0.39 is 11.9 Å². The van der Waals surface area contributed by atoms with Gasteiger partial charge in [-0.2, -0.15) is 0 Å². The molecule has 0 rings (SSSR count). The Hall–Kier alpha value is -1.39. The predicted molar refractivity (Wildman–Crippen MR) is 27.9 cm³/mol. The summed E-state index contributed by atoms with van der Waals surface area (Å²) in [6.07, 6.45) is 0.488. The van der Waals surface area contributed by atoms with Gasteiger partial charge in [-0.1, -0.05) is 5.16 Å². The highest BCUT2D eigenvalue weighted by atomic mass is 16.7. The summed E-state index contributed by atoms with van der Waals surface area (Å²) in [6.45, 7) is 1.12. The van der Waals surface area contributed by atoms with Gasteiger partial charge in [0.25, 0.3) is 0 Å². The van der Waals surface area contributed by atoms with Crippen LogP contribution in [-0.4, -0.2) is 23.3 Å². The van der Waals surface area contributed by atoms with Crippen LogP contribution in [0.25, 0.3) is 0 Å². The maximum absolute atomic E-state index is 9.90. The molecule has 0 radical (unpaired) electrons. The van der Waals surface area contributed by atoms with Crippen molar-refractivity contribution in [2.75, 3.05) is 0 Å². The highest BCUT2D eigenvalue weighted by molar-refractivity contribution is 6.21. The predicted octanol–water partition coefficient (Wildman–Crippen LogP) is -0.380. The average Bonchev–Trinajstić information content (AvgIpc) is 1.63. The van der Waals surface area contributed by atoms with Crippen LogP contribution in [0.1, 0.15) is 6.92 Å². The summed E-state index contributed by atoms with van der Waals surface area (Å²) in [7, 11) is 0. The summed E-state index contributed by atoms with van der Waals surface area (Å²) in [5, 5.41) is 10.7. The third-order valence-electron chi connectivity index (χ3n) is 0.344.